The van der Waals surface area contributed by atoms with E-state index >= 15 is 0 Å². The summed E-state index contributed by atoms with van der Waals surface area (Å²) in [7, 11) is 3.22. The third-order valence-electron chi connectivity index (χ3n) is 5.73. The minimum atomic E-state index is -0.226. The Morgan fingerprint density at radius 3 is 2.57 bits per heavy atom. The highest BCUT2D eigenvalue weighted by Gasteiger charge is 2.27. The van der Waals surface area contributed by atoms with Crippen molar-refractivity contribution in [1.29, 1.82) is 0 Å². The first-order valence-corrected chi connectivity index (χ1v) is 10.5. The summed E-state index contributed by atoms with van der Waals surface area (Å²) in [5.74, 6) is 1.14. The number of carbonyl (C=O) groups is 1. The molecule has 1 saturated heterocycles. The van der Waals surface area contributed by atoms with Crippen LogP contribution in [0.25, 0.3) is 0 Å². The van der Waals surface area contributed by atoms with Crippen LogP contribution >= 0.6 is 0 Å². The zero-order chi connectivity index (χ0) is 21.5. The fourth-order valence-electron chi connectivity index (χ4n) is 4.04. The Labute approximate surface area is 178 Å². The van der Waals surface area contributed by atoms with E-state index in [4.69, 9.17) is 9.47 Å². The van der Waals surface area contributed by atoms with Crippen molar-refractivity contribution in [3.8, 4) is 11.5 Å². The molecular weight excluding hydrogens is 383 g/mol. The monoisotopic (exact) mass is 414 g/mol. The molecule has 2 atom stereocenters. The summed E-state index contributed by atoms with van der Waals surface area (Å²) in [6.07, 6.45) is 2.65. The molecule has 0 bridgehead atoms. The molecule has 0 radical (unpaired) electrons. The van der Waals surface area contributed by atoms with Crippen molar-refractivity contribution in [2.75, 3.05) is 27.3 Å². The molecule has 1 N–H and O–H groups in total. The van der Waals surface area contributed by atoms with Gasteiger partial charge in [0.05, 0.1) is 26.2 Å². The maximum Gasteiger partial charge on any atom is 0.224 e. The Morgan fingerprint density at radius 2 is 1.90 bits per heavy atom. The van der Waals surface area contributed by atoms with E-state index < -0.39 is 0 Å². The maximum atomic E-state index is 13.1. The Morgan fingerprint density at radius 1 is 1.17 bits per heavy atom. The molecule has 1 fully saturated rings. The molecule has 2 aromatic carbocycles. The van der Waals surface area contributed by atoms with Gasteiger partial charge in [-0.25, -0.2) is 4.39 Å². The largest absolute Gasteiger partial charge is 0.493 e. The molecule has 0 saturated carbocycles. The minimum absolute atomic E-state index is 0.0478. The van der Waals surface area contributed by atoms with E-state index in [9.17, 15) is 9.18 Å². The number of benzene rings is 2. The van der Waals surface area contributed by atoms with Gasteiger partial charge in [-0.05, 0) is 61.2 Å². The van der Waals surface area contributed by atoms with Crippen molar-refractivity contribution in [1.82, 2.24) is 10.2 Å². The molecule has 0 spiro atoms. The highest BCUT2D eigenvalue weighted by Crippen LogP contribution is 2.31. The van der Waals surface area contributed by atoms with Crippen molar-refractivity contribution in [3.05, 3.63) is 59.4 Å². The van der Waals surface area contributed by atoms with E-state index in [2.05, 4.69) is 17.1 Å². The van der Waals surface area contributed by atoms with Crippen LogP contribution in [-0.4, -0.2) is 38.1 Å². The number of piperidine rings is 1. The fraction of sp³-hybridized carbons (Fsp3) is 0.458. The topological polar surface area (TPSA) is 50.8 Å². The van der Waals surface area contributed by atoms with Gasteiger partial charge >= 0.3 is 0 Å². The molecule has 6 heteroatoms. The fourth-order valence-corrected chi connectivity index (χ4v) is 4.04. The summed E-state index contributed by atoms with van der Waals surface area (Å²) in [5.41, 5.74) is 2.07. The zero-order valence-corrected chi connectivity index (χ0v) is 18.0. The lowest BCUT2D eigenvalue weighted by Crippen LogP contribution is -2.43. The number of amides is 1. The number of rotatable bonds is 8. The molecule has 2 aromatic rings. The number of hydrogen-bond donors (Lipinski definition) is 1. The Kier molecular flexibility index (Phi) is 7.69. The van der Waals surface area contributed by atoms with Crippen LogP contribution in [0.2, 0.25) is 0 Å². The van der Waals surface area contributed by atoms with Crippen LogP contribution in [0, 0.1) is 11.7 Å². The molecule has 1 heterocycles. The van der Waals surface area contributed by atoms with Gasteiger partial charge < -0.3 is 14.8 Å². The molecule has 3 rings (SSSR count). The lowest BCUT2D eigenvalue weighted by atomic mass is 9.95. The summed E-state index contributed by atoms with van der Waals surface area (Å²) < 4.78 is 23.8. The molecule has 1 amide bonds. The second kappa shape index (κ2) is 10.4. The van der Waals surface area contributed by atoms with E-state index in [0.29, 0.717) is 18.0 Å². The van der Waals surface area contributed by atoms with E-state index in [1.54, 1.807) is 14.2 Å². The normalized spacial score (nSPS) is 17.9. The van der Waals surface area contributed by atoms with Crippen LogP contribution in [0.4, 0.5) is 4.39 Å². The van der Waals surface area contributed by atoms with Crippen molar-refractivity contribution in [3.63, 3.8) is 0 Å². The lowest BCUT2D eigenvalue weighted by Gasteiger charge is -2.33. The van der Waals surface area contributed by atoms with E-state index in [1.807, 2.05) is 30.3 Å². The van der Waals surface area contributed by atoms with Crippen LogP contribution in [0.3, 0.4) is 0 Å². The van der Waals surface area contributed by atoms with Gasteiger partial charge in [-0.3, -0.25) is 9.69 Å². The van der Waals surface area contributed by atoms with Gasteiger partial charge in [0.2, 0.25) is 5.91 Å². The van der Waals surface area contributed by atoms with E-state index in [1.165, 1.54) is 12.1 Å². The summed E-state index contributed by atoms with van der Waals surface area (Å²) >= 11 is 0. The number of ether oxygens (including phenoxy) is 2. The molecule has 30 heavy (non-hydrogen) atoms. The molecule has 162 valence electrons. The second-order valence-electron chi connectivity index (χ2n) is 7.78. The number of methoxy groups -OCH3 is 2. The predicted octanol–water partition coefficient (Wildman–Crippen LogP) is 4.32. The summed E-state index contributed by atoms with van der Waals surface area (Å²) in [4.78, 5) is 15.3. The number of nitrogens with one attached hydrogen (secondary N) is 1. The first kappa shape index (κ1) is 22.1. The number of likely N-dealkylation sites (tertiary alicyclic amines) is 1. The first-order chi connectivity index (χ1) is 14.5. The molecule has 0 aliphatic carbocycles. The van der Waals surface area contributed by atoms with Gasteiger partial charge in [0.1, 0.15) is 5.82 Å². The van der Waals surface area contributed by atoms with E-state index in [0.717, 1.165) is 43.5 Å². The summed E-state index contributed by atoms with van der Waals surface area (Å²) in [6.45, 7) is 4.46. The molecule has 1 aliphatic heterocycles. The smallest absolute Gasteiger partial charge is 0.224 e. The van der Waals surface area contributed by atoms with Crippen LogP contribution in [0.1, 0.15) is 43.4 Å². The molecule has 2 unspecified atom stereocenters. The third-order valence-corrected chi connectivity index (χ3v) is 5.73. The van der Waals surface area contributed by atoms with Gasteiger partial charge in [0.15, 0.2) is 11.5 Å². The molecule has 1 aliphatic rings. The molecule has 5 nitrogen and oxygen atoms in total. The van der Waals surface area contributed by atoms with Crippen LogP contribution in [0.15, 0.2) is 42.5 Å². The van der Waals surface area contributed by atoms with Gasteiger partial charge in [-0.1, -0.05) is 25.1 Å². The Hall–Kier alpha value is -2.60. The van der Waals surface area contributed by atoms with Gasteiger partial charge in [0.25, 0.3) is 0 Å². The summed E-state index contributed by atoms with van der Waals surface area (Å²) in [6, 6.07) is 12.3. The van der Waals surface area contributed by atoms with Crippen molar-refractivity contribution in [2.24, 2.45) is 5.92 Å². The van der Waals surface area contributed by atoms with Crippen LogP contribution in [-0.2, 0) is 11.3 Å². The average molecular weight is 415 g/mol. The van der Waals surface area contributed by atoms with Crippen LogP contribution < -0.4 is 14.8 Å². The van der Waals surface area contributed by atoms with E-state index in [-0.39, 0.29) is 23.7 Å². The molecule has 0 aromatic heterocycles. The first-order valence-electron chi connectivity index (χ1n) is 10.5. The number of carbonyl (C=O) groups excluding carboxylic acids is 1. The van der Waals surface area contributed by atoms with Crippen LogP contribution in [0.5, 0.6) is 11.5 Å². The summed E-state index contributed by atoms with van der Waals surface area (Å²) in [5, 5.41) is 3.22. The minimum Gasteiger partial charge on any atom is -0.493 e. The second-order valence-corrected chi connectivity index (χ2v) is 7.78. The Bertz CT molecular complexity index is 841. The number of nitrogens with zero attached hydrogens (tertiary/aromatic N) is 1. The van der Waals surface area contributed by atoms with Crippen molar-refractivity contribution in [2.45, 2.75) is 38.8 Å². The number of halogens is 1. The van der Waals surface area contributed by atoms with Gasteiger partial charge in [-0.15, -0.1) is 0 Å². The van der Waals surface area contributed by atoms with Crippen molar-refractivity contribution >= 4 is 5.91 Å². The average Bonchev–Trinajstić information content (AvgIpc) is 2.78. The standard InChI is InChI=1S/C24H31FN2O3/c1-4-21(18-9-12-22(29-2)23(14-18)30-3)26-24(28)19-6-5-13-27(16-19)15-17-7-10-20(25)11-8-17/h7-12,14,19,21H,4-6,13,15-16H2,1-3H3,(H,26,28). The third kappa shape index (κ3) is 5.51. The quantitative estimate of drug-likeness (QED) is 0.699. The molecular formula is C24H31FN2O3. The highest BCUT2D eigenvalue weighted by atomic mass is 19.1. The zero-order valence-electron chi connectivity index (χ0n) is 18.0. The number of hydrogen-bond acceptors (Lipinski definition) is 4. The Balaban J connectivity index is 1.62. The highest BCUT2D eigenvalue weighted by molar-refractivity contribution is 5.79. The predicted molar refractivity (Wildman–Crippen MR) is 115 cm³/mol. The van der Waals surface area contributed by atoms with Gasteiger partial charge in [0, 0.05) is 13.1 Å². The SMILES string of the molecule is CCC(NC(=O)C1CCCN(Cc2ccc(F)cc2)C1)c1ccc(OC)c(OC)c1. The van der Waals surface area contributed by atoms with Gasteiger partial charge in [-0.2, -0.15) is 0 Å². The lowest BCUT2D eigenvalue weighted by molar-refractivity contribution is -0.127. The van der Waals surface area contributed by atoms with Crippen molar-refractivity contribution < 1.29 is 18.7 Å². The maximum absolute atomic E-state index is 13.1.